The number of methoxy groups -OCH3 is 3. The summed E-state index contributed by atoms with van der Waals surface area (Å²) in [6.07, 6.45) is 4.13. The average Bonchev–Trinajstić information content (AvgIpc) is 3.23. The Morgan fingerprint density at radius 2 is 1.67 bits per heavy atom. The van der Waals surface area contributed by atoms with Crippen molar-refractivity contribution in [2.24, 2.45) is 23.5 Å². The molecule has 16 nitrogen and oxygen atoms in total. The first-order valence-electron chi connectivity index (χ1n) is 21.3. The summed E-state index contributed by atoms with van der Waals surface area (Å²) >= 11 is 0. The van der Waals surface area contributed by atoms with Gasteiger partial charge in [0.15, 0.2) is 5.78 Å². The number of carbonyl (C=O) groups is 5. The molecule has 338 valence electrons. The SMILES string of the molecule is C=CC/C1=C\C(C)CCCC(OC)C2OC(O)(C(=O)C(=O)N3CCCCC3C(=O)OC(C(C)=CC3CCC(OCC(=O)O)C(OC)C3)C(N)C(O)CC1=O)C(C)CC2OC. The molecular formula is C44H68N2O14. The van der Waals surface area contributed by atoms with E-state index in [1.54, 1.807) is 19.9 Å². The largest absolute Gasteiger partial charge is 0.480 e. The van der Waals surface area contributed by atoms with E-state index in [2.05, 4.69) is 6.58 Å². The normalized spacial score (nSPS) is 38.2. The van der Waals surface area contributed by atoms with Crippen LogP contribution in [0.25, 0.3) is 0 Å². The van der Waals surface area contributed by atoms with Gasteiger partial charge in [-0.1, -0.05) is 38.5 Å². The van der Waals surface area contributed by atoms with E-state index in [1.165, 1.54) is 21.3 Å². The molecule has 5 N–H and O–H groups in total. The van der Waals surface area contributed by atoms with Crippen LogP contribution in [0.2, 0.25) is 0 Å². The van der Waals surface area contributed by atoms with Crippen molar-refractivity contribution in [3.05, 3.63) is 36.0 Å². The number of nitrogens with two attached hydrogens (primary N) is 1. The van der Waals surface area contributed by atoms with Gasteiger partial charge in [-0.3, -0.25) is 14.4 Å². The first kappa shape index (κ1) is 49.3. The summed E-state index contributed by atoms with van der Waals surface area (Å²) in [5.74, 6) is -8.22. The fourth-order valence-corrected chi connectivity index (χ4v) is 9.19. The number of amides is 1. The van der Waals surface area contributed by atoms with Crippen LogP contribution < -0.4 is 5.73 Å². The van der Waals surface area contributed by atoms with Crippen molar-refractivity contribution in [2.45, 2.75) is 158 Å². The molecule has 4 aliphatic rings. The van der Waals surface area contributed by atoms with E-state index in [9.17, 15) is 34.2 Å². The van der Waals surface area contributed by atoms with E-state index in [0.29, 0.717) is 62.5 Å². The first-order valence-corrected chi connectivity index (χ1v) is 21.3. The van der Waals surface area contributed by atoms with Crippen molar-refractivity contribution in [1.82, 2.24) is 4.90 Å². The van der Waals surface area contributed by atoms with Gasteiger partial charge in [-0.15, -0.1) is 6.58 Å². The Morgan fingerprint density at radius 3 is 2.32 bits per heavy atom. The fourth-order valence-electron chi connectivity index (χ4n) is 9.19. The van der Waals surface area contributed by atoms with E-state index in [4.69, 9.17) is 39.3 Å². The molecule has 2 bridgehead atoms. The maximum atomic E-state index is 14.3. The van der Waals surface area contributed by atoms with E-state index in [0.717, 1.165) is 4.90 Å². The van der Waals surface area contributed by atoms with Crippen molar-refractivity contribution in [3.63, 3.8) is 0 Å². The number of allylic oxidation sites excluding steroid dienone is 4. The van der Waals surface area contributed by atoms with Gasteiger partial charge in [0.1, 0.15) is 24.9 Å². The summed E-state index contributed by atoms with van der Waals surface area (Å²) in [6.45, 7) is 8.67. The highest BCUT2D eigenvalue weighted by atomic mass is 16.7. The number of aliphatic hydroxyl groups is 2. The standard InChI is InChI=1S/C44H68N2O14/c1-8-12-29-19-25(2)13-11-15-34(55-5)40-36(57-7)21-27(4)44(54,60-40)41(51)42(52)46-18-10-9-14-30(46)43(53)59-39(38(45)32(48)23-31(29)47)26(3)20-28-16-17-33(35(22-28)56-6)58-24-37(49)50/h8,19-20,25,27-28,30,32-36,38-40,48,54H,1,9-18,21-24,45H2,2-7H3,(H,49,50)/b26-20?,29-19+. The lowest BCUT2D eigenvalue weighted by atomic mass is 9.83. The number of carboxylic acids is 1. The quantitative estimate of drug-likeness (QED) is 0.141. The van der Waals surface area contributed by atoms with Crippen LogP contribution in [0.5, 0.6) is 0 Å². The molecule has 13 atom stereocenters. The van der Waals surface area contributed by atoms with Gasteiger partial charge in [0.25, 0.3) is 11.7 Å². The molecule has 1 amide bonds. The Bertz CT molecular complexity index is 1580. The predicted molar refractivity (Wildman–Crippen MR) is 218 cm³/mol. The third-order valence-corrected chi connectivity index (χ3v) is 12.7. The summed E-state index contributed by atoms with van der Waals surface area (Å²) in [5.41, 5.74) is 7.67. The highest BCUT2D eigenvalue weighted by molar-refractivity contribution is 6.39. The molecule has 3 fully saturated rings. The number of hydrogen-bond donors (Lipinski definition) is 4. The molecule has 1 saturated carbocycles. The van der Waals surface area contributed by atoms with Gasteiger partial charge in [0.2, 0.25) is 5.79 Å². The summed E-state index contributed by atoms with van der Waals surface area (Å²) < 4.78 is 35.2. The molecule has 16 heteroatoms. The molecule has 3 aliphatic heterocycles. The zero-order valence-corrected chi connectivity index (χ0v) is 36.1. The molecular weight excluding hydrogens is 780 g/mol. The zero-order chi connectivity index (χ0) is 44.3. The smallest absolute Gasteiger partial charge is 0.329 e. The summed E-state index contributed by atoms with van der Waals surface area (Å²) in [6, 6.07) is -2.52. The monoisotopic (exact) mass is 848 g/mol. The second kappa shape index (κ2) is 22.7. The van der Waals surface area contributed by atoms with Crippen molar-refractivity contribution >= 4 is 29.4 Å². The van der Waals surface area contributed by atoms with E-state index in [-0.39, 0.29) is 49.8 Å². The maximum Gasteiger partial charge on any atom is 0.329 e. The number of esters is 1. The lowest BCUT2D eigenvalue weighted by Crippen LogP contribution is -2.64. The number of aliphatic hydroxyl groups excluding tert-OH is 1. The lowest BCUT2D eigenvalue weighted by Gasteiger charge is -2.46. The van der Waals surface area contributed by atoms with Gasteiger partial charge in [-0.05, 0) is 94.1 Å². The second-order valence-corrected chi connectivity index (χ2v) is 17.0. The fraction of sp³-hybridized carbons (Fsp3) is 0.750. The Morgan fingerprint density at radius 1 is 0.967 bits per heavy atom. The van der Waals surface area contributed by atoms with Crippen molar-refractivity contribution in [2.75, 3.05) is 34.5 Å². The van der Waals surface area contributed by atoms with Crippen LogP contribution in [0, 0.1) is 17.8 Å². The van der Waals surface area contributed by atoms with E-state index in [1.807, 2.05) is 19.1 Å². The second-order valence-electron chi connectivity index (χ2n) is 17.0. The molecule has 0 aromatic rings. The highest BCUT2D eigenvalue weighted by Crippen LogP contribution is 2.39. The summed E-state index contributed by atoms with van der Waals surface area (Å²) in [5, 5.41) is 32.7. The van der Waals surface area contributed by atoms with Gasteiger partial charge in [0, 0.05) is 40.2 Å². The summed E-state index contributed by atoms with van der Waals surface area (Å²) in [7, 11) is 4.53. The van der Waals surface area contributed by atoms with Crippen LogP contribution in [0.15, 0.2) is 36.0 Å². The molecule has 1 aliphatic carbocycles. The molecule has 0 radical (unpaired) electrons. The number of Topliss-reactive ketones (excluding diaryl/α,β-unsaturated/α-hetero) is 2. The van der Waals surface area contributed by atoms with Gasteiger partial charge in [0.05, 0.1) is 36.6 Å². The van der Waals surface area contributed by atoms with Crippen LogP contribution in [-0.2, 0) is 52.4 Å². The highest BCUT2D eigenvalue weighted by Gasteiger charge is 2.56. The number of carboxylic acid groups (broad SMARTS) is 1. The third kappa shape index (κ3) is 12.2. The number of ketones is 2. The Kier molecular flexibility index (Phi) is 18.6. The topological polar surface area (TPSA) is 231 Å². The number of cyclic esters (lactones) is 1. The Balaban J connectivity index is 1.74. The van der Waals surface area contributed by atoms with Crippen molar-refractivity contribution < 1.29 is 67.7 Å². The third-order valence-electron chi connectivity index (χ3n) is 12.7. The number of piperidine rings is 1. The molecule has 60 heavy (non-hydrogen) atoms. The maximum absolute atomic E-state index is 14.3. The Labute approximate surface area is 353 Å². The van der Waals surface area contributed by atoms with Crippen LogP contribution in [-0.4, -0.2) is 145 Å². The number of fused-ring (bicyclic) bond motifs is 3. The lowest BCUT2D eigenvalue weighted by molar-refractivity contribution is -0.302. The number of ether oxygens (including phenoxy) is 6. The Hall–Kier alpha value is -3.35. The number of aliphatic carboxylic acids is 1. The van der Waals surface area contributed by atoms with E-state index >= 15 is 0 Å². The molecule has 13 unspecified atom stereocenters. The molecule has 3 heterocycles. The van der Waals surface area contributed by atoms with E-state index < -0.39 is 96.8 Å². The van der Waals surface area contributed by atoms with Crippen LogP contribution >= 0.6 is 0 Å². The predicted octanol–water partition coefficient (Wildman–Crippen LogP) is 3.19. The molecule has 0 aromatic carbocycles. The van der Waals surface area contributed by atoms with Gasteiger partial charge in [-0.2, -0.15) is 0 Å². The van der Waals surface area contributed by atoms with Crippen LogP contribution in [0.3, 0.4) is 0 Å². The van der Waals surface area contributed by atoms with Crippen LogP contribution in [0.4, 0.5) is 0 Å². The minimum Gasteiger partial charge on any atom is -0.480 e. The molecule has 4 rings (SSSR count). The van der Waals surface area contributed by atoms with Gasteiger partial charge >= 0.3 is 11.9 Å². The number of nitrogens with zero attached hydrogens (tertiary/aromatic N) is 1. The van der Waals surface area contributed by atoms with Gasteiger partial charge in [-0.25, -0.2) is 9.59 Å². The van der Waals surface area contributed by atoms with Crippen molar-refractivity contribution in [3.8, 4) is 0 Å². The minimum atomic E-state index is -2.54. The number of carbonyl (C=O) groups excluding carboxylic acids is 4. The number of hydrogen-bond acceptors (Lipinski definition) is 14. The zero-order valence-electron chi connectivity index (χ0n) is 36.1. The first-order chi connectivity index (χ1) is 28.5. The molecule has 0 aromatic heterocycles. The summed E-state index contributed by atoms with van der Waals surface area (Å²) in [4.78, 5) is 68.8. The van der Waals surface area contributed by atoms with Crippen LogP contribution in [0.1, 0.15) is 97.8 Å². The van der Waals surface area contributed by atoms with Crippen molar-refractivity contribution in [1.29, 1.82) is 0 Å². The minimum absolute atomic E-state index is 0.0322. The number of rotatable bonds is 10. The molecule has 2 saturated heterocycles. The molecule has 0 spiro atoms. The average molecular weight is 849 g/mol. The van der Waals surface area contributed by atoms with Gasteiger partial charge < -0.3 is 54.4 Å².